The summed E-state index contributed by atoms with van der Waals surface area (Å²) < 4.78 is 5.19. The Balaban J connectivity index is 1.52. The number of esters is 1. The van der Waals surface area contributed by atoms with Crippen molar-refractivity contribution < 1.29 is 19.1 Å². The normalized spacial score (nSPS) is 13.6. The molecule has 1 N–H and O–H groups in total. The van der Waals surface area contributed by atoms with Crippen LogP contribution in [0.2, 0.25) is 0 Å². The maximum atomic E-state index is 12.5. The molecule has 27 heavy (non-hydrogen) atoms. The lowest BCUT2D eigenvalue weighted by molar-refractivity contribution is -0.145. The van der Waals surface area contributed by atoms with E-state index in [1.807, 2.05) is 25.1 Å². The number of benzene rings is 2. The van der Waals surface area contributed by atoms with Gasteiger partial charge in [-0.25, -0.2) is 0 Å². The molecule has 140 valence electrons. The van der Waals surface area contributed by atoms with Crippen LogP contribution >= 0.6 is 0 Å². The molecular weight excluding hydrogens is 342 g/mol. The van der Waals surface area contributed by atoms with Crippen molar-refractivity contribution >= 4 is 17.7 Å². The molecule has 0 spiro atoms. The summed E-state index contributed by atoms with van der Waals surface area (Å²) in [7, 11) is 0. The number of ketones is 1. The van der Waals surface area contributed by atoms with Gasteiger partial charge in [-0.2, -0.15) is 0 Å². The van der Waals surface area contributed by atoms with Crippen LogP contribution in [0.4, 0.5) is 0 Å². The Morgan fingerprint density at radius 3 is 2.59 bits per heavy atom. The Hall–Kier alpha value is -2.95. The molecule has 1 aliphatic carbocycles. The van der Waals surface area contributed by atoms with Gasteiger partial charge in [0.15, 0.2) is 6.10 Å². The molecule has 0 aromatic heterocycles. The van der Waals surface area contributed by atoms with Gasteiger partial charge in [-0.1, -0.05) is 29.8 Å². The van der Waals surface area contributed by atoms with E-state index in [1.165, 1.54) is 11.1 Å². The lowest BCUT2D eigenvalue weighted by atomic mass is 10.0. The highest BCUT2D eigenvalue weighted by Crippen LogP contribution is 2.23. The number of fused-ring (bicyclic) bond motifs is 1. The Bertz CT molecular complexity index is 888. The number of carbonyl (C=O) groups excluding carboxylic acids is 3. The molecular formula is C22H23NO4. The van der Waals surface area contributed by atoms with Crippen LogP contribution in [0, 0.1) is 6.92 Å². The second-order valence-electron chi connectivity index (χ2n) is 6.89. The van der Waals surface area contributed by atoms with E-state index in [0.29, 0.717) is 11.1 Å². The van der Waals surface area contributed by atoms with Gasteiger partial charge >= 0.3 is 5.97 Å². The van der Waals surface area contributed by atoms with Gasteiger partial charge in [0.25, 0.3) is 5.91 Å². The monoisotopic (exact) mass is 365 g/mol. The van der Waals surface area contributed by atoms with Crippen molar-refractivity contribution in [2.45, 2.75) is 39.2 Å². The predicted octanol–water partition coefficient (Wildman–Crippen LogP) is 3.03. The highest BCUT2D eigenvalue weighted by atomic mass is 16.5. The number of carbonyl (C=O) groups is 3. The van der Waals surface area contributed by atoms with Gasteiger partial charge < -0.3 is 10.1 Å². The van der Waals surface area contributed by atoms with E-state index in [9.17, 15) is 14.4 Å². The molecule has 0 fully saturated rings. The third kappa shape index (κ3) is 4.61. The average molecular weight is 365 g/mol. The maximum Gasteiger partial charge on any atom is 0.326 e. The summed E-state index contributed by atoms with van der Waals surface area (Å²) in [5, 5.41) is 2.52. The molecule has 0 radical (unpaired) electrons. The van der Waals surface area contributed by atoms with Gasteiger partial charge in [0.05, 0.1) is 0 Å². The van der Waals surface area contributed by atoms with E-state index in [1.54, 1.807) is 31.2 Å². The summed E-state index contributed by atoms with van der Waals surface area (Å²) in [4.78, 5) is 36.6. The largest absolute Gasteiger partial charge is 0.453 e. The fourth-order valence-electron chi connectivity index (χ4n) is 3.29. The molecule has 0 unspecified atom stereocenters. The second-order valence-corrected chi connectivity index (χ2v) is 6.89. The number of aryl methyl sites for hydroxylation is 3. The van der Waals surface area contributed by atoms with Crippen molar-refractivity contribution in [1.82, 2.24) is 5.32 Å². The SMILES string of the molecule is Cc1cccc(C(=O)NCC(=O)O[C@@H](C)C(=O)c2ccc3c(c2)CCC3)c1. The standard InChI is InChI=1S/C22H23NO4/c1-14-5-3-8-19(11-14)22(26)23-13-20(24)27-15(2)21(25)18-10-9-16-6-4-7-17(16)12-18/h3,5,8-12,15H,4,6-7,13H2,1-2H3,(H,23,26)/t15-/m0/s1. The molecule has 0 aliphatic heterocycles. The molecule has 0 heterocycles. The van der Waals surface area contributed by atoms with Gasteiger partial charge in [-0.05, 0) is 62.4 Å². The first-order valence-electron chi connectivity index (χ1n) is 9.14. The van der Waals surface area contributed by atoms with Gasteiger partial charge in [0.2, 0.25) is 5.78 Å². The van der Waals surface area contributed by atoms with E-state index in [0.717, 1.165) is 24.8 Å². The highest BCUT2D eigenvalue weighted by Gasteiger charge is 2.21. The van der Waals surface area contributed by atoms with Crippen molar-refractivity contribution in [3.05, 3.63) is 70.3 Å². The van der Waals surface area contributed by atoms with Crippen LogP contribution < -0.4 is 5.32 Å². The molecule has 3 rings (SSSR count). The molecule has 0 saturated carbocycles. The Morgan fingerprint density at radius 2 is 1.81 bits per heavy atom. The van der Waals surface area contributed by atoms with E-state index in [-0.39, 0.29) is 18.2 Å². The summed E-state index contributed by atoms with van der Waals surface area (Å²) >= 11 is 0. The molecule has 2 aromatic rings. The zero-order valence-corrected chi connectivity index (χ0v) is 15.6. The average Bonchev–Trinajstić information content (AvgIpc) is 3.13. The van der Waals surface area contributed by atoms with E-state index in [2.05, 4.69) is 5.32 Å². The molecule has 1 amide bonds. The van der Waals surface area contributed by atoms with E-state index < -0.39 is 12.1 Å². The smallest absolute Gasteiger partial charge is 0.326 e. The van der Waals surface area contributed by atoms with Crippen LogP contribution in [0.25, 0.3) is 0 Å². The molecule has 5 heteroatoms. The van der Waals surface area contributed by atoms with Gasteiger partial charge in [0, 0.05) is 11.1 Å². The maximum absolute atomic E-state index is 12.5. The van der Waals surface area contributed by atoms with Crippen LogP contribution in [0.5, 0.6) is 0 Å². The van der Waals surface area contributed by atoms with Crippen LogP contribution in [-0.4, -0.2) is 30.3 Å². The van der Waals surface area contributed by atoms with Crippen LogP contribution in [0.3, 0.4) is 0 Å². The number of ether oxygens (including phenoxy) is 1. The molecule has 1 atom stereocenters. The first-order valence-corrected chi connectivity index (χ1v) is 9.14. The molecule has 5 nitrogen and oxygen atoms in total. The number of hydrogen-bond donors (Lipinski definition) is 1. The number of Topliss-reactive ketones (excluding diaryl/α,β-unsaturated/α-hetero) is 1. The van der Waals surface area contributed by atoms with Crippen LogP contribution in [0.1, 0.15) is 50.8 Å². The van der Waals surface area contributed by atoms with Crippen molar-refractivity contribution in [3.63, 3.8) is 0 Å². The minimum atomic E-state index is -0.896. The molecule has 0 saturated heterocycles. The predicted molar refractivity (Wildman–Crippen MR) is 102 cm³/mol. The van der Waals surface area contributed by atoms with Gasteiger partial charge in [-0.3, -0.25) is 14.4 Å². The fourth-order valence-corrected chi connectivity index (χ4v) is 3.29. The molecule has 1 aliphatic rings. The zero-order valence-electron chi connectivity index (χ0n) is 15.6. The number of rotatable bonds is 6. The minimum Gasteiger partial charge on any atom is -0.453 e. The Morgan fingerprint density at radius 1 is 1.04 bits per heavy atom. The third-order valence-corrected chi connectivity index (χ3v) is 4.73. The van der Waals surface area contributed by atoms with Crippen molar-refractivity contribution in [3.8, 4) is 0 Å². The molecule has 2 aromatic carbocycles. The van der Waals surface area contributed by atoms with Crippen molar-refractivity contribution in [2.75, 3.05) is 6.54 Å². The first kappa shape index (κ1) is 18.8. The van der Waals surface area contributed by atoms with E-state index in [4.69, 9.17) is 4.74 Å². The second kappa shape index (κ2) is 8.16. The summed E-state index contributed by atoms with van der Waals surface area (Å²) in [6.45, 7) is 3.15. The third-order valence-electron chi connectivity index (χ3n) is 4.73. The van der Waals surface area contributed by atoms with Crippen LogP contribution in [0.15, 0.2) is 42.5 Å². The first-order chi connectivity index (χ1) is 12.9. The minimum absolute atomic E-state index is 0.233. The van der Waals surface area contributed by atoms with Crippen LogP contribution in [-0.2, 0) is 22.4 Å². The zero-order chi connectivity index (χ0) is 19.4. The van der Waals surface area contributed by atoms with Gasteiger partial charge in [0.1, 0.15) is 6.54 Å². The number of amides is 1. The topological polar surface area (TPSA) is 72.5 Å². The lowest BCUT2D eigenvalue weighted by Crippen LogP contribution is -2.34. The summed E-state index contributed by atoms with van der Waals surface area (Å²) in [5.74, 6) is -1.23. The lowest BCUT2D eigenvalue weighted by Gasteiger charge is -2.13. The summed E-state index contributed by atoms with van der Waals surface area (Å²) in [5.41, 5.74) is 4.48. The van der Waals surface area contributed by atoms with Crippen molar-refractivity contribution in [1.29, 1.82) is 0 Å². The Labute approximate surface area is 158 Å². The quantitative estimate of drug-likeness (QED) is 0.631. The fraction of sp³-hybridized carbons (Fsp3) is 0.318. The molecule has 0 bridgehead atoms. The summed E-state index contributed by atoms with van der Waals surface area (Å²) in [6.07, 6.45) is 2.25. The Kier molecular flexibility index (Phi) is 5.69. The van der Waals surface area contributed by atoms with Crippen molar-refractivity contribution in [2.24, 2.45) is 0 Å². The summed E-state index contributed by atoms with van der Waals surface area (Å²) in [6, 6.07) is 12.7. The highest BCUT2D eigenvalue weighted by molar-refractivity contribution is 6.01. The van der Waals surface area contributed by atoms with E-state index >= 15 is 0 Å². The number of hydrogen-bond acceptors (Lipinski definition) is 4. The number of nitrogens with one attached hydrogen (secondary N) is 1. The van der Waals surface area contributed by atoms with Gasteiger partial charge in [-0.15, -0.1) is 0 Å².